The number of hydrogen-bond acceptors (Lipinski definition) is 4. The van der Waals surface area contributed by atoms with Gasteiger partial charge in [-0.1, -0.05) is 11.6 Å². The van der Waals surface area contributed by atoms with Crippen LogP contribution in [0.2, 0.25) is 4.34 Å². The van der Waals surface area contributed by atoms with Gasteiger partial charge in [0.1, 0.15) is 0 Å². The van der Waals surface area contributed by atoms with Crippen molar-refractivity contribution in [2.45, 2.75) is 31.2 Å². The van der Waals surface area contributed by atoms with Gasteiger partial charge < -0.3 is 15.2 Å². The Labute approximate surface area is 125 Å². The number of carboxylic acid groups (broad SMARTS) is 1. The quantitative estimate of drug-likeness (QED) is 0.842. The molecule has 20 heavy (non-hydrogen) atoms. The van der Waals surface area contributed by atoms with Gasteiger partial charge in [-0.05, 0) is 25.0 Å². The first-order valence-electron chi connectivity index (χ1n) is 6.34. The van der Waals surface area contributed by atoms with E-state index in [9.17, 15) is 9.59 Å². The van der Waals surface area contributed by atoms with Gasteiger partial charge in [0.15, 0.2) is 0 Å². The van der Waals surface area contributed by atoms with E-state index in [2.05, 4.69) is 5.32 Å². The van der Waals surface area contributed by atoms with Crippen molar-refractivity contribution in [1.29, 1.82) is 0 Å². The second kappa shape index (κ2) is 6.56. The van der Waals surface area contributed by atoms with Crippen molar-refractivity contribution >= 4 is 34.8 Å². The monoisotopic (exact) mass is 317 g/mol. The molecule has 1 aromatic rings. The van der Waals surface area contributed by atoms with Gasteiger partial charge in [-0.2, -0.15) is 0 Å². The van der Waals surface area contributed by atoms with Crippen LogP contribution in [0, 0.1) is 0 Å². The molecule has 1 unspecified atom stereocenters. The third-order valence-corrected chi connectivity index (χ3v) is 4.52. The molecule has 0 aromatic carbocycles. The van der Waals surface area contributed by atoms with Crippen LogP contribution in [0.25, 0.3) is 0 Å². The predicted molar refractivity (Wildman–Crippen MR) is 76.2 cm³/mol. The molecule has 5 nitrogen and oxygen atoms in total. The van der Waals surface area contributed by atoms with E-state index in [1.165, 1.54) is 11.3 Å². The molecule has 0 bridgehead atoms. The fourth-order valence-corrected chi connectivity index (χ4v) is 3.35. The first-order valence-corrected chi connectivity index (χ1v) is 7.53. The Kier molecular flexibility index (Phi) is 5.01. The molecule has 1 aliphatic heterocycles. The van der Waals surface area contributed by atoms with Gasteiger partial charge in [0.2, 0.25) is 5.91 Å². The van der Waals surface area contributed by atoms with E-state index in [0.717, 1.165) is 4.88 Å². The highest BCUT2D eigenvalue weighted by molar-refractivity contribution is 7.16. The van der Waals surface area contributed by atoms with E-state index in [1.807, 2.05) is 6.07 Å². The van der Waals surface area contributed by atoms with Crippen LogP contribution >= 0.6 is 22.9 Å². The number of thiophene rings is 1. The van der Waals surface area contributed by atoms with Crippen LogP contribution in [0.1, 0.15) is 24.1 Å². The standard InChI is InChI=1S/C13H16ClNO4S/c14-10-3-1-9(20-10)2-4-11(16)15-13(7-12(17)18)5-6-19-8-13/h1,3H,2,4-8H2,(H,15,16)(H,17,18). The maximum atomic E-state index is 12.0. The highest BCUT2D eigenvalue weighted by Gasteiger charge is 2.38. The summed E-state index contributed by atoms with van der Waals surface area (Å²) in [5, 5.41) is 11.8. The molecule has 1 atom stereocenters. The summed E-state index contributed by atoms with van der Waals surface area (Å²) in [6.45, 7) is 0.740. The Hall–Kier alpha value is -1.11. The summed E-state index contributed by atoms with van der Waals surface area (Å²) >= 11 is 7.28. The summed E-state index contributed by atoms with van der Waals surface area (Å²) in [4.78, 5) is 23.9. The summed E-state index contributed by atoms with van der Waals surface area (Å²) in [7, 11) is 0. The van der Waals surface area contributed by atoms with Gasteiger partial charge in [-0.25, -0.2) is 0 Å². The van der Waals surface area contributed by atoms with Gasteiger partial charge in [0.25, 0.3) is 0 Å². The van der Waals surface area contributed by atoms with Crippen molar-refractivity contribution in [3.8, 4) is 0 Å². The summed E-state index contributed by atoms with van der Waals surface area (Å²) in [5.74, 6) is -1.08. The number of halogens is 1. The van der Waals surface area contributed by atoms with Crippen molar-refractivity contribution < 1.29 is 19.4 Å². The fraction of sp³-hybridized carbons (Fsp3) is 0.538. The topological polar surface area (TPSA) is 75.6 Å². The molecular weight excluding hydrogens is 302 g/mol. The van der Waals surface area contributed by atoms with Crippen LogP contribution in [0.4, 0.5) is 0 Å². The average molecular weight is 318 g/mol. The van der Waals surface area contributed by atoms with E-state index in [4.69, 9.17) is 21.4 Å². The van der Waals surface area contributed by atoms with E-state index in [1.54, 1.807) is 6.07 Å². The number of aliphatic carboxylic acids is 1. The minimum absolute atomic E-state index is 0.108. The Balaban J connectivity index is 1.87. The van der Waals surface area contributed by atoms with Crippen LogP contribution in [0.15, 0.2) is 12.1 Å². The SMILES string of the molecule is O=C(O)CC1(NC(=O)CCc2ccc(Cl)s2)CCOC1. The summed E-state index contributed by atoms with van der Waals surface area (Å²) < 4.78 is 5.94. The molecule has 1 amide bonds. The Bertz CT molecular complexity index is 496. The zero-order valence-corrected chi connectivity index (χ0v) is 12.4. The second-order valence-corrected chi connectivity index (χ2v) is 6.71. The lowest BCUT2D eigenvalue weighted by molar-refractivity contribution is -0.139. The lowest BCUT2D eigenvalue weighted by Crippen LogP contribution is -2.50. The third-order valence-electron chi connectivity index (χ3n) is 3.22. The molecule has 0 spiro atoms. The van der Waals surface area contributed by atoms with Crippen LogP contribution in [0.3, 0.4) is 0 Å². The molecule has 1 aliphatic rings. The van der Waals surface area contributed by atoms with Gasteiger partial charge in [0.05, 0.1) is 22.9 Å². The number of carbonyl (C=O) groups excluding carboxylic acids is 1. The largest absolute Gasteiger partial charge is 0.481 e. The van der Waals surface area contributed by atoms with Crippen LogP contribution in [-0.4, -0.2) is 35.7 Å². The molecule has 2 N–H and O–H groups in total. The lowest BCUT2D eigenvalue weighted by Gasteiger charge is -2.26. The second-order valence-electron chi connectivity index (χ2n) is 4.91. The zero-order valence-electron chi connectivity index (χ0n) is 10.9. The number of nitrogens with one attached hydrogen (secondary N) is 1. The van der Waals surface area contributed by atoms with E-state index >= 15 is 0 Å². The third kappa shape index (κ3) is 4.19. The molecule has 1 fully saturated rings. The number of hydrogen-bond donors (Lipinski definition) is 2. The van der Waals surface area contributed by atoms with Gasteiger partial charge in [-0.15, -0.1) is 11.3 Å². The Morgan fingerprint density at radius 2 is 2.30 bits per heavy atom. The van der Waals surface area contributed by atoms with Crippen molar-refractivity contribution in [2.75, 3.05) is 13.2 Å². The minimum atomic E-state index is -0.930. The maximum Gasteiger partial charge on any atom is 0.305 e. The van der Waals surface area contributed by atoms with Gasteiger partial charge in [-0.3, -0.25) is 9.59 Å². The molecule has 1 aromatic heterocycles. The Morgan fingerprint density at radius 1 is 1.50 bits per heavy atom. The molecule has 2 heterocycles. The van der Waals surface area contributed by atoms with Crippen LogP contribution in [-0.2, 0) is 20.7 Å². The molecule has 7 heteroatoms. The van der Waals surface area contributed by atoms with E-state index in [0.29, 0.717) is 30.2 Å². The first-order chi connectivity index (χ1) is 9.49. The summed E-state index contributed by atoms with van der Waals surface area (Å²) in [6.07, 6.45) is 1.35. The first kappa shape index (κ1) is 15.3. The number of aryl methyl sites for hydroxylation is 1. The maximum absolute atomic E-state index is 12.0. The fourth-order valence-electron chi connectivity index (χ4n) is 2.26. The predicted octanol–water partition coefficient (Wildman–Crippen LogP) is 2.08. The van der Waals surface area contributed by atoms with Crippen molar-refractivity contribution in [2.24, 2.45) is 0 Å². The Morgan fingerprint density at radius 3 is 2.85 bits per heavy atom. The molecule has 0 radical (unpaired) electrons. The molecule has 1 saturated heterocycles. The average Bonchev–Trinajstić information content (AvgIpc) is 2.95. The summed E-state index contributed by atoms with van der Waals surface area (Å²) in [6, 6.07) is 3.70. The normalized spacial score (nSPS) is 21.9. The molecule has 2 rings (SSSR count). The number of amides is 1. The smallest absolute Gasteiger partial charge is 0.305 e. The van der Waals surface area contributed by atoms with E-state index < -0.39 is 11.5 Å². The van der Waals surface area contributed by atoms with Crippen molar-refractivity contribution in [3.05, 3.63) is 21.3 Å². The lowest BCUT2D eigenvalue weighted by atomic mass is 9.94. The van der Waals surface area contributed by atoms with Crippen LogP contribution in [0.5, 0.6) is 0 Å². The number of ether oxygens (including phenoxy) is 1. The van der Waals surface area contributed by atoms with Crippen molar-refractivity contribution in [1.82, 2.24) is 5.32 Å². The minimum Gasteiger partial charge on any atom is -0.481 e. The van der Waals surface area contributed by atoms with Gasteiger partial charge in [0, 0.05) is 17.9 Å². The number of carbonyl (C=O) groups is 2. The van der Waals surface area contributed by atoms with Gasteiger partial charge >= 0.3 is 5.97 Å². The molecular formula is C13H16ClNO4S. The number of carboxylic acids is 1. The highest BCUT2D eigenvalue weighted by Crippen LogP contribution is 2.24. The molecule has 0 aliphatic carbocycles. The van der Waals surface area contributed by atoms with E-state index in [-0.39, 0.29) is 18.9 Å². The molecule has 110 valence electrons. The van der Waals surface area contributed by atoms with Crippen LogP contribution < -0.4 is 5.32 Å². The highest BCUT2D eigenvalue weighted by atomic mass is 35.5. The summed E-state index contributed by atoms with van der Waals surface area (Å²) in [5.41, 5.74) is -0.754. The zero-order chi connectivity index (χ0) is 14.6. The molecule has 0 saturated carbocycles. The number of rotatable bonds is 6. The van der Waals surface area contributed by atoms with Crippen molar-refractivity contribution in [3.63, 3.8) is 0 Å².